The summed E-state index contributed by atoms with van der Waals surface area (Å²) in [6, 6.07) is 7.67. The van der Waals surface area contributed by atoms with E-state index in [1.165, 1.54) is 6.26 Å². The van der Waals surface area contributed by atoms with E-state index < -0.39 is 9.84 Å². The third-order valence-corrected chi connectivity index (χ3v) is 3.95. The summed E-state index contributed by atoms with van der Waals surface area (Å²) in [5.41, 5.74) is 1.06. The van der Waals surface area contributed by atoms with Crippen LogP contribution >= 0.6 is 35.6 Å². The van der Waals surface area contributed by atoms with Crippen molar-refractivity contribution >= 4 is 51.4 Å². The zero-order valence-corrected chi connectivity index (χ0v) is 16.0. The van der Waals surface area contributed by atoms with Gasteiger partial charge in [-0.05, 0) is 18.1 Å². The topological polar surface area (TPSA) is 70.6 Å². The molecule has 0 saturated heterocycles. The van der Waals surface area contributed by atoms with Crippen LogP contribution in [0.3, 0.4) is 0 Å². The van der Waals surface area contributed by atoms with Crippen molar-refractivity contribution < 1.29 is 8.42 Å². The number of sulfone groups is 1. The van der Waals surface area contributed by atoms with Gasteiger partial charge in [0.05, 0.1) is 5.75 Å². The van der Waals surface area contributed by atoms with E-state index in [1.807, 2.05) is 24.3 Å². The second kappa shape index (κ2) is 10.2. The van der Waals surface area contributed by atoms with Crippen LogP contribution in [-0.4, -0.2) is 46.5 Å². The number of hydrogen-bond acceptors (Lipinski definition) is 3. The Morgan fingerprint density at radius 2 is 1.86 bits per heavy atom. The largest absolute Gasteiger partial charge is 0.356 e. The lowest BCUT2D eigenvalue weighted by molar-refractivity contribution is 0.600. The van der Waals surface area contributed by atoms with Crippen molar-refractivity contribution in [1.82, 2.24) is 10.6 Å². The first-order valence-corrected chi connectivity index (χ1v) is 8.72. The number of guanidine groups is 1. The molecule has 1 aromatic rings. The van der Waals surface area contributed by atoms with Gasteiger partial charge in [0, 0.05) is 31.4 Å². The van der Waals surface area contributed by atoms with Crippen molar-refractivity contribution in [1.29, 1.82) is 0 Å². The molecular formula is C13H21ClIN3O2S. The van der Waals surface area contributed by atoms with Crippen LogP contribution in [0.5, 0.6) is 0 Å². The van der Waals surface area contributed by atoms with Gasteiger partial charge < -0.3 is 10.6 Å². The predicted octanol–water partition coefficient (Wildman–Crippen LogP) is 1.71. The van der Waals surface area contributed by atoms with Gasteiger partial charge >= 0.3 is 0 Å². The van der Waals surface area contributed by atoms with Crippen LogP contribution < -0.4 is 10.6 Å². The molecule has 0 radical (unpaired) electrons. The molecule has 21 heavy (non-hydrogen) atoms. The first-order chi connectivity index (χ1) is 9.42. The maximum atomic E-state index is 11.0. The Morgan fingerprint density at radius 3 is 2.43 bits per heavy atom. The van der Waals surface area contributed by atoms with E-state index in [0.717, 1.165) is 17.0 Å². The monoisotopic (exact) mass is 445 g/mol. The van der Waals surface area contributed by atoms with E-state index >= 15 is 0 Å². The standard InChI is InChI=1S/C13H20ClN3O2S.HI/c1-15-13(17-9-10-20(2,18)19)16-8-7-11-5-3-4-6-12(11)14;/h3-6H,7-10H2,1-2H3,(H2,15,16,17);1H. The van der Waals surface area contributed by atoms with Crippen LogP contribution in [0.15, 0.2) is 29.3 Å². The fraction of sp³-hybridized carbons (Fsp3) is 0.462. The molecule has 0 spiro atoms. The third-order valence-electron chi connectivity index (χ3n) is 2.63. The fourth-order valence-electron chi connectivity index (χ4n) is 1.59. The van der Waals surface area contributed by atoms with Crippen LogP contribution in [0, 0.1) is 0 Å². The molecule has 5 nitrogen and oxygen atoms in total. The molecule has 0 aliphatic heterocycles. The molecule has 0 atom stereocenters. The Balaban J connectivity index is 0.00000400. The molecule has 2 N–H and O–H groups in total. The molecule has 0 bridgehead atoms. The highest BCUT2D eigenvalue weighted by Crippen LogP contribution is 2.14. The first kappa shape index (κ1) is 20.5. The quantitative estimate of drug-likeness (QED) is 0.397. The van der Waals surface area contributed by atoms with E-state index in [-0.39, 0.29) is 29.7 Å². The highest BCUT2D eigenvalue weighted by molar-refractivity contribution is 14.0. The van der Waals surface area contributed by atoms with Crippen LogP contribution in [0.2, 0.25) is 5.02 Å². The molecule has 0 unspecified atom stereocenters. The summed E-state index contributed by atoms with van der Waals surface area (Å²) in [7, 11) is -1.32. The minimum Gasteiger partial charge on any atom is -0.356 e. The normalized spacial score (nSPS) is 11.7. The molecule has 1 aromatic carbocycles. The van der Waals surface area contributed by atoms with Gasteiger partial charge in [-0.15, -0.1) is 24.0 Å². The van der Waals surface area contributed by atoms with Gasteiger partial charge in [-0.2, -0.15) is 0 Å². The van der Waals surface area contributed by atoms with Crippen LogP contribution in [0.1, 0.15) is 5.56 Å². The molecule has 0 fully saturated rings. The number of aliphatic imine (C=N–C) groups is 1. The molecule has 8 heteroatoms. The summed E-state index contributed by atoms with van der Waals surface area (Å²) in [5.74, 6) is 0.666. The highest BCUT2D eigenvalue weighted by Gasteiger charge is 2.03. The van der Waals surface area contributed by atoms with Gasteiger partial charge in [-0.25, -0.2) is 8.42 Å². The van der Waals surface area contributed by atoms with Crippen molar-refractivity contribution in [2.24, 2.45) is 4.99 Å². The Labute approximate surface area is 148 Å². The van der Waals surface area contributed by atoms with Crippen molar-refractivity contribution in [2.75, 3.05) is 32.1 Å². The zero-order chi connectivity index (χ0) is 15.0. The van der Waals surface area contributed by atoms with Gasteiger partial charge in [0.1, 0.15) is 9.84 Å². The van der Waals surface area contributed by atoms with Gasteiger partial charge in [0.2, 0.25) is 0 Å². The number of rotatable bonds is 6. The Hall–Kier alpha value is -0.540. The minimum atomic E-state index is -2.96. The summed E-state index contributed by atoms with van der Waals surface area (Å²) < 4.78 is 22.0. The average Bonchev–Trinajstić information content (AvgIpc) is 2.37. The van der Waals surface area contributed by atoms with E-state index in [1.54, 1.807) is 7.05 Å². The van der Waals surface area contributed by atoms with Gasteiger partial charge in [-0.3, -0.25) is 4.99 Å². The number of nitrogens with zero attached hydrogens (tertiary/aromatic N) is 1. The summed E-state index contributed by atoms with van der Waals surface area (Å²) in [5, 5.41) is 6.82. The number of nitrogens with one attached hydrogen (secondary N) is 2. The maximum absolute atomic E-state index is 11.0. The molecule has 120 valence electrons. The van der Waals surface area contributed by atoms with Gasteiger partial charge in [-0.1, -0.05) is 29.8 Å². The SMILES string of the molecule is CN=C(NCCc1ccccc1Cl)NCCS(C)(=O)=O.I. The van der Waals surface area contributed by atoms with E-state index in [9.17, 15) is 8.42 Å². The average molecular weight is 446 g/mol. The molecular weight excluding hydrogens is 425 g/mol. The lowest BCUT2D eigenvalue weighted by atomic mass is 10.1. The second-order valence-corrected chi connectivity index (χ2v) is 7.06. The number of benzene rings is 1. The Morgan fingerprint density at radius 1 is 1.24 bits per heavy atom. The van der Waals surface area contributed by atoms with Crippen molar-refractivity contribution in [3.63, 3.8) is 0 Å². The minimum absolute atomic E-state index is 0. The highest BCUT2D eigenvalue weighted by atomic mass is 127. The van der Waals surface area contributed by atoms with Gasteiger partial charge in [0.25, 0.3) is 0 Å². The summed E-state index contributed by atoms with van der Waals surface area (Å²) in [6.07, 6.45) is 1.98. The molecule has 1 rings (SSSR count). The van der Waals surface area contributed by atoms with Crippen LogP contribution in [-0.2, 0) is 16.3 Å². The lowest BCUT2D eigenvalue weighted by Crippen LogP contribution is -2.40. The molecule has 0 aliphatic carbocycles. The third kappa shape index (κ3) is 9.15. The smallest absolute Gasteiger partial charge is 0.191 e. The Bertz CT molecular complexity index is 564. The van der Waals surface area contributed by atoms with E-state index in [2.05, 4.69) is 15.6 Å². The number of hydrogen-bond donors (Lipinski definition) is 2. The summed E-state index contributed by atoms with van der Waals surface area (Å²) in [4.78, 5) is 4.03. The van der Waals surface area contributed by atoms with Crippen molar-refractivity contribution in [3.8, 4) is 0 Å². The van der Waals surface area contributed by atoms with E-state index in [0.29, 0.717) is 19.0 Å². The van der Waals surface area contributed by atoms with Gasteiger partial charge in [0.15, 0.2) is 5.96 Å². The second-order valence-electron chi connectivity index (χ2n) is 4.40. The summed E-state index contributed by atoms with van der Waals surface area (Å²) >= 11 is 6.07. The molecule has 0 saturated carbocycles. The lowest BCUT2D eigenvalue weighted by Gasteiger charge is -2.11. The van der Waals surface area contributed by atoms with Crippen molar-refractivity contribution in [2.45, 2.75) is 6.42 Å². The first-order valence-electron chi connectivity index (χ1n) is 6.28. The summed E-state index contributed by atoms with van der Waals surface area (Å²) in [6.45, 7) is 1.01. The van der Waals surface area contributed by atoms with Crippen molar-refractivity contribution in [3.05, 3.63) is 34.9 Å². The fourth-order valence-corrected chi connectivity index (χ4v) is 2.30. The Kier molecular flexibility index (Phi) is 9.97. The predicted molar refractivity (Wildman–Crippen MR) is 99.6 cm³/mol. The molecule has 0 heterocycles. The van der Waals surface area contributed by atoms with E-state index in [4.69, 9.17) is 11.6 Å². The molecule has 0 amide bonds. The maximum Gasteiger partial charge on any atom is 0.191 e. The number of halogens is 2. The zero-order valence-electron chi connectivity index (χ0n) is 12.1. The van der Waals surface area contributed by atoms with Crippen LogP contribution in [0.25, 0.3) is 0 Å². The molecule has 0 aliphatic rings. The molecule has 0 aromatic heterocycles. The van der Waals surface area contributed by atoms with Crippen LogP contribution in [0.4, 0.5) is 0 Å².